The second-order valence-corrected chi connectivity index (χ2v) is 5.92. The zero-order valence-corrected chi connectivity index (χ0v) is 12.1. The smallest absolute Gasteiger partial charge is 0.251 e. The summed E-state index contributed by atoms with van der Waals surface area (Å²) in [5, 5.41) is 6.23. The lowest BCUT2D eigenvalue weighted by Gasteiger charge is -2.32. The molecule has 1 aliphatic carbocycles. The summed E-state index contributed by atoms with van der Waals surface area (Å²) in [7, 11) is 1.65. The lowest BCUT2D eigenvalue weighted by atomic mass is 9.80. The Hall–Kier alpha value is -1.51. The summed E-state index contributed by atoms with van der Waals surface area (Å²) >= 11 is 0. The van der Waals surface area contributed by atoms with E-state index in [1.54, 1.807) is 7.05 Å². The van der Waals surface area contributed by atoms with Crippen molar-refractivity contribution in [2.75, 3.05) is 12.4 Å². The van der Waals surface area contributed by atoms with Crippen LogP contribution >= 0.6 is 0 Å². The van der Waals surface area contributed by atoms with Crippen LogP contribution < -0.4 is 10.6 Å². The molecule has 1 aromatic carbocycles. The Morgan fingerprint density at radius 1 is 1.05 bits per heavy atom. The van der Waals surface area contributed by atoms with Gasteiger partial charge < -0.3 is 10.6 Å². The van der Waals surface area contributed by atoms with Gasteiger partial charge in [0.2, 0.25) is 0 Å². The molecule has 0 spiro atoms. The molecule has 0 aliphatic heterocycles. The fourth-order valence-electron chi connectivity index (χ4n) is 3.16. The fourth-order valence-corrected chi connectivity index (χ4v) is 3.16. The minimum atomic E-state index is -0.0357. The molecular formula is C16H24N2O. The van der Waals surface area contributed by atoms with E-state index in [0.717, 1.165) is 17.5 Å². The monoisotopic (exact) mass is 260 g/mol. The van der Waals surface area contributed by atoms with Gasteiger partial charge in [0.25, 0.3) is 5.91 Å². The normalized spacial score (nSPS) is 26.8. The highest BCUT2D eigenvalue weighted by Crippen LogP contribution is 2.30. The highest BCUT2D eigenvalue weighted by Gasteiger charge is 2.23. The van der Waals surface area contributed by atoms with Gasteiger partial charge in [-0.15, -0.1) is 0 Å². The number of rotatable bonds is 3. The molecule has 0 aromatic heterocycles. The first-order valence-corrected chi connectivity index (χ1v) is 7.17. The third kappa shape index (κ3) is 3.72. The molecule has 1 amide bonds. The van der Waals surface area contributed by atoms with E-state index >= 15 is 0 Å². The first-order chi connectivity index (χ1) is 9.08. The Balaban J connectivity index is 1.97. The van der Waals surface area contributed by atoms with Crippen LogP contribution in [0, 0.1) is 11.8 Å². The van der Waals surface area contributed by atoms with Crippen molar-refractivity contribution in [3.8, 4) is 0 Å². The summed E-state index contributed by atoms with van der Waals surface area (Å²) in [5.74, 6) is 1.56. The minimum absolute atomic E-state index is 0.0357. The summed E-state index contributed by atoms with van der Waals surface area (Å²) in [6.45, 7) is 4.66. The molecule has 1 aliphatic rings. The lowest BCUT2D eigenvalue weighted by Crippen LogP contribution is -2.30. The average molecular weight is 260 g/mol. The van der Waals surface area contributed by atoms with E-state index in [1.165, 1.54) is 19.3 Å². The number of benzene rings is 1. The quantitative estimate of drug-likeness (QED) is 0.875. The molecule has 2 N–H and O–H groups in total. The van der Waals surface area contributed by atoms with Crippen LogP contribution in [-0.2, 0) is 0 Å². The highest BCUT2D eigenvalue weighted by atomic mass is 16.1. The molecule has 3 heteroatoms. The summed E-state index contributed by atoms with van der Waals surface area (Å²) in [5.41, 5.74) is 1.82. The molecule has 3 nitrogen and oxygen atoms in total. The molecule has 104 valence electrons. The van der Waals surface area contributed by atoms with E-state index in [4.69, 9.17) is 0 Å². The van der Waals surface area contributed by atoms with Crippen molar-refractivity contribution >= 4 is 11.6 Å². The second-order valence-electron chi connectivity index (χ2n) is 5.92. The molecule has 0 saturated heterocycles. The Bertz CT molecular complexity index is 417. The number of carbonyl (C=O) groups excluding carboxylic acids is 1. The van der Waals surface area contributed by atoms with Crippen molar-refractivity contribution < 1.29 is 4.79 Å². The molecule has 2 rings (SSSR count). The molecule has 0 bridgehead atoms. The third-order valence-electron chi connectivity index (χ3n) is 3.92. The van der Waals surface area contributed by atoms with E-state index in [0.29, 0.717) is 11.6 Å². The fraction of sp³-hybridized carbons (Fsp3) is 0.562. The zero-order chi connectivity index (χ0) is 13.8. The van der Waals surface area contributed by atoms with Gasteiger partial charge in [0, 0.05) is 24.3 Å². The lowest BCUT2D eigenvalue weighted by molar-refractivity contribution is 0.0963. The van der Waals surface area contributed by atoms with Crippen molar-refractivity contribution in [3.63, 3.8) is 0 Å². The van der Waals surface area contributed by atoms with Crippen molar-refractivity contribution in [2.45, 2.75) is 39.2 Å². The summed E-state index contributed by atoms with van der Waals surface area (Å²) in [6, 6.07) is 8.29. The van der Waals surface area contributed by atoms with E-state index in [-0.39, 0.29) is 5.91 Å². The molecule has 0 heterocycles. The third-order valence-corrected chi connectivity index (χ3v) is 3.92. The predicted molar refractivity (Wildman–Crippen MR) is 79.4 cm³/mol. The molecule has 19 heavy (non-hydrogen) atoms. The zero-order valence-electron chi connectivity index (χ0n) is 12.1. The first kappa shape index (κ1) is 13.9. The largest absolute Gasteiger partial charge is 0.382 e. The van der Waals surface area contributed by atoms with Gasteiger partial charge in [-0.25, -0.2) is 0 Å². The maximum absolute atomic E-state index is 11.5. The molecule has 2 unspecified atom stereocenters. The van der Waals surface area contributed by atoms with Crippen molar-refractivity contribution in [1.29, 1.82) is 0 Å². The number of carbonyl (C=O) groups is 1. The standard InChI is InChI=1S/C16H24N2O/c1-11-8-12(2)10-15(9-11)18-14-6-4-13(5-7-14)16(19)17-3/h4-7,11-12,15,18H,8-10H2,1-3H3,(H,17,19). The van der Waals surface area contributed by atoms with Crippen LogP contribution in [0.4, 0.5) is 5.69 Å². The van der Waals surface area contributed by atoms with Crippen LogP contribution in [0.3, 0.4) is 0 Å². The molecular weight excluding hydrogens is 236 g/mol. The minimum Gasteiger partial charge on any atom is -0.382 e. The number of hydrogen-bond donors (Lipinski definition) is 2. The predicted octanol–water partition coefficient (Wildman–Crippen LogP) is 3.28. The van der Waals surface area contributed by atoms with Gasteiger partial charge in [0.15, 0.2) is 0 Å². The van der Waals surface area contributed by atoms with Crippen LogP contribution in [0.2, 0.25) is 0 Å². The van der Waals surface area contributed by atoms with E-state index in [2.05, 4.69) is 24.5 Å². The Morgan fingerprint density at radius 3 is 2.16 bits per heavy atom. The molecule has 1 saturated carbocycles. The molecule has 0 radical (unpaired) electrons. The van der Waals surface area contributed by atoms with Crippen LogP contribution in [0.15, 0.2) is 24.3 Å². The van der Waals surface area contributed by atoms with Crippen LogP contribution in [0.25, 0.3) is 0 Å². The Labute approximate surface area is 115 Å². The average Bonchev–Trinajstić information content (AvgIpc) is 2.37. The van der Waals surface area contributed by atoms with Crippen molar-refractivity contribution in [3.05, 3.63) is 29.8 Å². The van der Waals surface area contributed by atoms with E-state index in [1.807, 2.05) is 24.3 Å². The summed E-state index contributed by atoms with van der Waals surface area (Å²) < 4.78 is 0. The van der Waals surface area contributed by atoms with Crippen LogP contribution in [0.5, 0.6) is 0 Å². The van der Waals surface area contributed by atoms with Gasteiger partial charge >= 0.3 is 0 Å². The van der Waals surface area contributed by atoms with Crippen molar-refractivity contribution in [2.24, 2.45) is 11.8 Å². The highest BCUT2D eigenvalue weighted by molar-refractivity contribution is 5.94. The van der Waals surface area contributed by atoms with Gasteiger partial charge in [-0.1, -0.05) is 13.8 Å². The number of nitrogens with one attached hydrogen (secondary N) is 2. The number of amides is 1. The summed E-state index contributed by atoms with van der Waals surface area (Å²) in [6.07, 6.45) is 3.82. The van der Waals surface area contributed by atoms with E-state index < -0.39 is 0 Å². The maximum Gasteiger partial charge on any atom is 0.251 e. The van der Waals surface area contributed by atoms with Crippen LogP contribution in [-0.4, -0.2) is 19.0 Å². The van der Waals surface area contributed by atoms with Crippen LogP contribution in [0.1, 0.15) is 43.5 Å². The number of hydrogen-bond acceptors (Lipinski definition) is 2. The topological polar surface area (TPSA) is 41.1 Å². The van der Waals surface area contributed by atoms with Gasteiger partial charge in [0.1, 0.15) is 0 Å². The molecule has 2 atom stereocenters. The van der Waals surface area contributed by atoms with Gasteiger partial charge in [-0.3, -0.25) is 4.79 Å². The first-order valence-electron chi connectivity index (χ1n) is 7.17. The van der Waals surface area contributed by atoms with Crippen molar-refractivity contribution in [1.82, 2.24) is 5.32 Å². The second kappa shape index (κ2) is 6.09. The maximum atomic E-state index is 11.5. The Kier molecular flexibility index (Phi) is 4.46. The molecule has 1 aromatic rings. The molecule has 1 fully saturated rings. The van der Waals surface area contributed by atoms with E-state index in [9.17, 15) is 4.79 Å². The van der Waals surface area contributed by atoms with Gasteiger partial charge in [-0.05, 0) is 55.4 Å². The Morgan fingerprint density at radius 2 is 1.63 bits per heavy atom. The van der Waals surface area contributed by atoms with Gasteiger partial charge in [0.05, 0.1) is 0 Å². The van der Waals surface area contributed by atoms with Gasteiger partial charge in [-0.2, -0.15) is 0 Å². The summed E-state index contributed by atoms with van der Waals surface area (Å²) in [4.78, 5) is 11.5. The SMILES string of the molecule is CNC(=O)c1ccc(NC2CC(C)CC(C)C2)cc1. The number of anilines is 1.